The summed E-state index contributed by atoms with van der Waals surface area (Å²) in [5.41, 5.74) is 1.66. The van der Waals surface area contributed by atoms with Gasteiger partial charge in [-0.2, -0.15) is 18.2 Å². The van der Waals surface area contributed by atoms with Crippen molar-refractivity contribution in [2.45, 2.75) is 51.4 Å². The second-order valence-corrected chi connectivity index (χ2v) is 8.01. The van der Waals surface area contributed by atoms with Gasteiger partial charge in [0.1, 0.15) is 6.04 Å². The molecule has 0 spiro atoms. The molecule has 1 atom stereocenters. The van der Waals surface area contributed by atoms with Crippen molar-refractivity contribution < 1.29 is 22.5 Å². The third-order valence-electron chi connectivity index (χ3n) is 5.50. The fourth-order valence-electron chi connectivity index (χ4n) is 3.74. The number of rotatable bonds is 5. The highest BCUT2D eigenvalue weighted by Gasteiger charge is 2.36. The Kier molecular flexibility index (Phi) is 5.56. The van der Waals surface area contributed by atoms with E-state index in [0.29, 0.717) is 29.6 Å². The zero-order valence-electron chi connectivity index (χ0n) is 17.2. The average Bonchev–Trinajstić information content (AvgIpc) is 3.35. The summed E-state index contributed by atoms with van der Waals surface area (Å²) in [5.74, 6) is 0.969. The first-order valence-electron chi connectivity index (χ1n) is 10.1. The van der Waals surface area contributed by atoms with Crippen molar-refractivity contribution in [1.82, 2.24) is 15.0 Å². The summed E-state index contributed by atoms with van der Waals surface area (Å²) < 4.78 is 44.5. The number of hydrogen-bond acceptors (Lipinski definition) is 4. The molecule has 0 aliphatic carbocycles. The summed E-state index contributed by atoms with van der Waals surface area (Å²) in [4.78, 5) is 18.4. The minimum atomic E-state index is -4.43. The molecule has 162 valence electrons. The van der Waals surface area contributed by atoms with Crippen molar-refractivity contribution in [2.75, 3.05) is 0 Å². The number of alkyl halides is 3. The van der Waals surface area contributed by atoms with Crippen LogP contribution in [-0.4, -0.2) is 20.9 Å². The Morgan fingerprint density at radius 1 is 1.16 bits per heavy atom. The molecule has 4 rings (SSSR count). The van der Waals surface area contributed by atoms with Crippen LogP contribution in [-0.2, 0) is 17.5 Å². The lowest BCUT2D eigenvalue weighted by Gasteiger charge is -2.22. The summed E-state index contributed by atoms with van der Waals surface area (Å²) in [5, 5.41) is 4.05. The van der Waals surface area contributed by atoms with E-state index in [2.05, 4.69) is 24.0 Å². The predicted octanol–water partition coefficient (Wildman–Crippen LogP) is 5.74. The van der Waals surface area contributed by atoms with Crippen LogP contribution in [0.25, 0.3) is 11.4 Å². The van der Waals surface area contributed by atoms with E-state index in [4.69, 9.17) is 4.52 Å². The second kappa shape index (κ2) is 8.17. The molecule has 0 bridgehead atoms. The van der Waals surface area contributed by atoms with E-state index in [9.17, 15) is 18.0 Å². The van der Waals surface area contributed by atoms with Crippen molar-refractivity contribution in [3.05, 3.63) is 71.1 Å². The lowest BCUT2D eigenvalue weighted by atomic mass is 10.0. The van der Waals surface area contributed by atoms with Crippen LogP contribution in [0.4, 0.5) is 13.2 Å². The number of nitrogens with zero attached hydrogens (tertiary/aromatic N) is 3. The first-order valence-corrected chi connectivity index (χ1v) is 10.1. The highest BCUT2D eigenvalue weighted by molar-refractivity contribution is 5.78. The number of halogens is 3. The van der Waals surface area contributed by atoms with E-state index in [0.717, 1.165) is 17.7 Å². The molecule has 2 aromatic carbocycles. The van der Waals surface area contributed by atoms with Crippen molar-refractivity contribution in [1.29, 1.82) is 0 Å². The van der Waals surface area contributed by atoms with Crippen LogP contribution in [0.15, 0.2) is 53.1 Å². The van der Waals surface area contributed by atoms with Gasteiger partial charge in [-0.15, -0.1) is 0 Å². The van der Waals surface area contributed by atoms with Crippen LogP contribution >= 0.6 is 0 Å². The predicted molar refractivity (Wildman–Crippen MR) is 108 cm³/mol. The maximum Gasteiger partial charge on any atom is 0.416 e. The molecule has 31 heavy (non-hydrogen) atoms. The van der Waals surface area contributed by atoms with Crippen LogP contribution in [0.5, 0.6) is 0 Å². The quantitative estimate of drug-likeness (QED) is 0.519. The normalized spacial score (nSPS) is 17.0. The van der Waals surface area contributed by atoms with E-state index >= 15 is 0 Å². The van der Waals surface area contributed by atoms with Gasteiger partial charge in [-0.3, -0.25) is 4.79 Å². The standard InChI is InChI=1S/C23H22F3N3O2/c1-14(2)16-6-8-17(9-7-16)21-27-22(31-28-21)19-10-11-20(30)29(19)13-15-4-3-5-18(12-15)23(24,25)26/h3-9,12,14,19H,10-11,13H2,1-2H3. The van der Waals surface area contributed by atoms with Crippen LogP contribution in [0.3, 0.4) is 0 Å². The van der Waals surface area contributed by atoms with Crippen molar-refractivity contribution in [2.24, 2.45) is 0 Å². The smallest absolute Gasteiger partial charge is 0.337 e. The Labute approximate surface area is 177 Å². The van der Waals surface area contributed by atoms with Gasteiger partial charge in [-0.1, -0.05) is 55.4 Å². The summed E-state index contributed by atoms with van der Waals surface area (Å²) >= 11 is 0. The molecule has 8 heteroatoms. The van der Waals surface area contributed by atoms with Crippen LogP contribution < -0.4 is 0 Å². The molecule has 1 fully saturated rings. The minimum absolute atomic E-state index is 0.0498. The first-order chi connectivity index (χ1) is 14.7. The lowest BCUT2D eigenvalue weighted by Crippen LogP contribution is -2.27. The van der Waals surface area contributed by atoms with Gasteiger partial charge in [0.25, 0.3) is 0 Å². The van der Waals surface area contributed by atoms with Gasteiger partial charge >= 0.3 is 6.18 Å². The van der Waals surface area contributed by atoms with E-state index in [-0.39, 0.29) is 18.9 Å². The maximum atomic E-state index is 13.0. The SMILES string of the molecule is CC(C)c1ccc(-c2noc(C3CCC(=O)N3Cc3cccc(C(F)(F)F)c3)n2)cc1. The van der Waals surface area contributed by atoms with Gasteiger partial charge in [-0.05, 0) is 35.6 Å². The molecule has 0 N–H and O–H groups in total. The highest BCUT2D eigenvalue weighted by atomic mass is 19.4. The molecule has 1 aliphatic heterocycles. The molecule has 1 aliphatic rings. The van der Waals surface area contributed by atoms with Crippen LogP contribution in [0.2, 0.25) is 0 Å². The fourth-order valence-corrected chi connectivity index (χ4v) is 3.74. The summed E-state index contributed by atoms with van der Waals surface area (Å²) in [6.07, 6.45) is -3.67. The maximum absolute atomic E-state index is 13.0. The van der Waals surface area contributed by atoms with E-state index in [1.165, 1.54) is 16.5 Å². The Bertz CT molecular complexity index is 1070. The molecule has 1 unspecified atom stereocenters. The molecular weight excluding hydrogens is 407 g/mol. The minimum Gasteiger partial charge on any atom is -0.337 e. The van der Waals surface area contributed by atoms with Crippen molar-refractivity contribution >= 4 is 5.91 Å². The Hall–Kier alpha value is -3.16. The lowest BCUT2D eigenvalue weighted by molar-refractivity contribution is -0.137. The zero-order valence-corrected chi connectivity index (χ0v) is 17.2. The third-order valence-corrected chi connectivity index (χ3v) is 5.50. The van der Waals surface area contributed by atoms with Crippen molar-refractivity contribution in [3.63, 3.8) is 0 Å². The number of carbonyl (C=O) groups excluding carboxylic acids is 1. The van der Waals surface area contributed by atoms with Crippen LogP contribution in [0.1, 0.15) is 61.2 Å². The first kappa shape index (κ1) is 21.1. The van der Waals surface area contributed by atoms with Crippen LogP contribution in [0, 0.1) is 0 Å². The summed E-state index contributed by atoms with van der Waals surface area (Å²) in [6, 6.07) is 12.4. The molecular formula is C23H22F3N3O2. The summed E-state index contributed by atoms with van der Waals surface area (Å²) in [6.45, 7) is 4.27. The number of hydrogen-bond donors (Lipinski definition) is 0. The van der Waals surface area contributed by atoms with Gasteiger partial charge in [0.05, 0.1) is 5.56 Å². The molecule has 5 nitrogen and oxygen atoms in total. The van der Waals surface area contributed by atoms with Gasteiger partial charge in [0.2, 0.25) is 17.6 Å². The Morgan fingerprint density at radius 3 is 2.58 bits per heavy atom. The zero-order chi connectivity index (χ0) is 22.2. The van der Waals surface area contributed by atoms with E-state index < -0.39 is 17.8 Å². The van der Waals surface area contributed by atoms with Gasteiger partial charge in [0.15, 0.2) is 0 Å². The number of carbonyl (C=O) groups is 1. The topological polar surface area (TPSA) is 59.2 Å². The molecule has 1 saturated heterocycles. The molecule has 3 aromatic rings. The van der Waals surface area contributed by atoms with Crippen molar-refractivity contribution in [3.8, 4) is 11.4 Å². The average molecular weight is 429 g/mol. The largest absolute Gasteiger partial charge is 0.416 e. The van der Waals surface area contributed by atoms with Gasteiger partial charge < -0.3 is 9.42 Å². The Balaban J connectivity index is 1.55. The molecule has 0 saturated carbocycles. The van der Waals surface area contributed by atoms with Gasteiger partial charge in [0, 0.05) is 18.5 Å². The number of amides is 1. The van der Waals surface area contributed by atoms with E-state index in [1.807, 2.05) is 24.3 Å². The number of aromatic nitrogens is 2. The molecule has 1 aromatic heterocycles. The fraction of sp³-hybridized carbons (Fsp3) is 0.348. The number of benzene rings is 2. The monoisotopic (exact) mass is 429 g/mol. The van der Waals surface area contributed by atoms with Gasteiger partial charge in [-0.25, -0.2) is 0 Å². The molecule has 1 amide bonds. The highest BCUT2D eigenvalue weighted by Crippen LogP contribution is 2.35. The Morgan fingerprint density at radius 2 is 1.90 bits per heavy atom. The third kappa shape index (κ3) is 4.47. The van der Waals surface area contributed by atoms with E-state index in [1.54, 1.807) is 6.07 Å². The summed E-state index contributed by atoms with van der Waals surface area (Å²) in [7, 11) is 0. The number of likely N-dealkylation sites (tertiary alicyclic amines) is 1. The second-order valence-electron chi connectivity index (χ2n) is 8.01. The molecule has 2 heterocycles. The molecule has 0 radical (unpaired) electrons.